The smallest absolute Gasteiger partial charge is 0.306 e. The van der Waals surface area contributed by atoms with E-state index in [1.54, 1.807) is 12.1 Å². The van der Waals surface area contributed by atoms with Crippen LogP contribution in [0.4, 0.5) is 5.69 Å². The van der Waals surface area contributed by atoms with Gasteiger partial charge < -0.3 is 73.1 Å². The molecule has 7 fully saturated rings. The average Bonchev–Trinajstić information content (AvgIpc) is 1.26. The lowest BCUT2D eigenvalue weighted by molar-refractivity contribution is -0.171. The number of ether oxygens (including phenoxy) is 10. The molecule has 1 aromatic carbocycles. The summed E-state index contributed by atoms with van der Waals surface area (Å²) in [5, 5.41) is 8.25. The number of likely N-dealkylation sites (tertiary alicyclic amines) is 2. The van der Waals surface area contributed by atoms with E-state index in [0.717, 1.165) is 136 Å². The molecule has 7 aliphatic rings. The maximum atomic E-state index is 11.8. The third kappa shape index (κ3) is 29.6. The van der Waals surface area contributed by atoms with Crippen LogP contribution in [0.2, 0.25) is 0 Å². The number of carbonyl (C=O) groups is 8. The topological polar surface area (TPSA) is 271 Å². The lowest BCUT2D eigenvalue weighted by Crippen LogP contribution is -2.46. The fourth-order valence-corrected chi connectivity index (χ4v) is 10.2. The first-order chi connectivity index (χ1) is 44.2. The molecular formula is C69H115N5O18. The van der Waals surface area contributed by atoms with Gasteiger partial charge in [-0.05, 0) is 83.8 Å². The van der Waals surface area contributed by atoms with Gasteiger partial charge in [0.1, 0.15) is 19.8 Å². The van der Waals surface area contributed by atoms with Gasteiger partial charge in [0.25, 0.3) is 0 Å². The molecule has 0 spiro atoms. The Kier molecular flexibility index (Phi) is 36.9. The molecule has 92 heavy (non-hydrogen) atoms. The average molecular weight is 1300 g/mol. The summed E-state index contributed by atoms with van der Waals surface area (Å²) in [6.07, 6.45) is 13.7. The van der Waals surface area contributed by atoms with E-state index >= 15 is 0 Å². The fourth-order valence-electron chi connectivity index (χ4n) is 10.2. The first-order valence-electron chi connectivity index (χ1n) is 34.2. The van der Waals surface area contributed by atoms with Crippen LogP contribution in [-0.4, -0.2) is 208 Å². The summed E-state index contributed by atoms with van der Waals surface area (Å²) in [4.78, 5) is 96.1. The lowest BCUT2D eigenvalue weighted by Gasteiger charge is -2.40. The standard InChI is InChI=1S/C16H21NO4.C14H25NO4.C14H25NO3.C13H23NO4.C12H21NO3/c1-2-16(10-20-11-16)12-21-15(19)9-8-14(18)17-13-6-4-3-5-7-13;1-3-5-8-15-12(16)6-7-13(17)19-11-14(4-2)9-18-10-14;1-2-14(11-18-12-14)10-17-9-8-15-7-5-3-4-6-13(15)16;1-4-13(7-17-8-13)9-18-12(16)6-5-11(15)14-10(2)3;1-2-12(9-16-10-12)8-15-7-6-13-5-3-4-11(13)14/h3-7H,2,8-12H2,1H3,(H,17,18);3-11H2,1-2H3,(H,15,16);2-12H2,1H3;10H,4-9H2,1-3H3,(H,14,15);2-10H2,1H3. The summed E-state index contributed by atoms with van der Waals surface area (Å²) in [6.45, 7) is 31.6. The van der Waals surface area contributed by atoms with Gasteiger partial charge >= 0.3 is 17.9 Å². The minimum absolute atomic E-state index is 0.00977. The van der Waals surface area contributed by atoms with Crippen molar-refractivity contribution in [1.82, 2.24) is 20.4 Å². The Morgan fingerprint density at radius 3 is 1.22 bits per heavy atom. The Morgan fingerprint density at radius 2 is 0.859 bits per heavy atom. The minimum Gasteiger partial charge on any atom is -0.465 e. The number of amides is 5. The van der Waals surface area contributed by atoms with Crippen molar-refractivity contribution < 1.29 is 85.7 Å². The van der Waals surface area contributed by atoms with Gasteiger partial charge in [0.2, 0.25) is 29.5 Å². The number of esters is 3. The van der Waals surface area contributed by atoms with Gasteiger partial charge in [0.15, 0.2) is 0 Å². The van der Waals surface area contributed by atoms with Crippen LogP contribution in [-0.2, 0) is 85.7 Å². The molecule has 0 aliphatic carbocycles. The highest BCUT2D eigenvalue weighted by molar-refractivity contribution is 5.92. The maximum Gasteiger partial charge on any atom is 0.306 e. The van der Waals surface area contributed by atoms with Crippen molar-refractivity contribution >= 4 is 53.1 Å². The number of carbonyl (C=O) groups excluding carboxylic acids is 8. The van der Waals surface area contributed by atoms with Crippen molar-refractivity contribution in [3.8, 4) is 0 Å². The molecule has 5 amide bonds. The summed E-state index contributed by atoms with van der Waals surface area (Å²) in [5.41, 5.74) is 1.25. The molecule has 0 radical (unpaired) electrons. The molecule has 0 aromatic heterocycles. The molecule has 0 atom stereocenters. The molecule has 8 rings (SSSR count). The van der Waals surface area contributed by atoms with E-state index in [2.05, 4.69) is 57.5 Å². The molecule has 524 valence electrons. The molecular weight excluding hydrogens is 1190 g/mol. The van der Waals surface area contributed by atoms with Crippen LogP contribution in [0.25, 0.3) is 0 Å². The van der Waals surface area contributed by atoms with Crippen molar-refractivity contribution in [3.05, 3.63) is 30.3 Å². The van der Waals surface area contributed by atoms with Crippen molar-refractivity contribution in [1.29, 1.82) is 0 Å². The summed E-state index contributed by atoms with van der Waals surface area (Å²) in [6, 6.07) is 9.27. The predicted molar refractivity (Wildman–Crippen MR) is 347 cm³/mol. The molecule has 1 aromatic rings. The van der Waals surface area contributed by atoms with E-state index in [1.165, 1.54) is 6.42 Å². The molecule has 23 nitrogen and oxygen atoms in total. The Morgan fingerprint density at radius 1 is 0.478 bits per heavy atom. The van der Waals surface area contributed by atoms with Gasteiger partial charge in [-0.2, -0.15) is 0 Å². The van der Waals surface area contributed by atoms with Crippen molar-refractivity contribution in [2.24, 2.45) is 27.1 Å². The van der Waals surface area contributed by atoms with E-state index in [9.17, 15) is 38.4 Å². The van der Waals surface area contributed by atoms with E-state index < -0.39 is 0 Å². The summed E-state index contributed by atoms with van der Waals surface area (Å²) in [5.74, 6) is -0.747. The number of para-hydroxylation sites is 1. The Balaban J connectivity index is 0.000000246. The van der Waals surface area contributed by atoms with Crippen LogP contribution in [0, 0.1) is 27.1 Å². The van der Waals surface area contributed by atoms with Gasteiger partial charge in [-0.3, -0.25) is 38.4 Å². The Hall–Kier alpha value is -5.30. The van der Waals surface area contributed by atoms with E-state index in [0.29, 0.717) is 98.0 Å². The van der Waals surface area contributed by atoms with Gasteiger partial charge in [-0.15, -0.1) is 0 Å². The predicted octanol–water partition coefficient (Wildman–Crippen LogP) is 8.17. The first-order valence-corrected chi connectivity index (χ1v) is 34.2. The highest BCUT2D eigenvalue weighted by Crippen LogP contribution is 2.35. The monoisotopic (exact) mass is 1300 g/mol. The second-order valence-electron chi connectivity index (χ2n) is 26.3. The molecule has 23 heteroatoms. The second kappa shape index (κ2) is 42.9. The van der Waals surface area contributed by atoms with Gasteiger partial charge in [-0.1, -0.05) is 72.6 Å². The highest BCUT2D eigenvalue weighted by Gasteiger charge is 2.41. The third-order valence-corrected chi connectivity index (χ3v) is 18.1. The van der Waals surface area contributed by atoms with Crippen LogP contribution < -0.4 is 16.0 Å². The van der Waals surface area contributed by atoms with Gasteiger partial charge in [0, 0.05) is 87.4 Å². The normalized spacial score (nSPS) is 19.1. The van der Waals surface area contributed by atoms with Gasteiger partial charge in [0.05, 0.1) is 128 Å². The number of unbranched alkanes of at least 4 members (excludes halogenated alkanes) is 1. The van der Waals surface area contributed by atoms with Crippen LogP contribution in [0.1, 0.15) is 177 Å². The molecule has 0 bridgehead atoms. The van der Waals surface area contributed by atoms with Crippen LogP contribution in [0.15, 0.2) is 30.3 Å². The molecule has 7 heterocycles. The number of rotatable bonds is 35. The number of nitrogens with zero attached hydrogens (tertiary/aromatic N) is 2. The lowest BCUT2D eigenvalue weighted by atomic mass is 9.84. The number of hydrogen-bond acceptors (Lipinski definition) is 18. The van der Waals surface area contributed by atoms with E-state index in [4.69, 9.17) is 47.4 Å². The SMILES string of the molecule is CCC1(COC(=O)CCC(=O)NC(C)C)COC1.CCC1(COC(=O)CCC(=O)Nc2ccccc2)COC1.CCC1(COCCN2CCCC2=O)COC1.CCC1(COCCN2CCCCCC2=O)COC1.CCCCNC(=O)CCC(=O)OCC1(CC)COC1. The zero-order valence-electron chi connectivity index (χ0n) is 57.2. The van der Waals surface area contributed by atoms with E-state index in [-0.39, 0.29) is 113 Å². The summed E-state index contributed by atoms with van der Waals surface area (Å²) >= 11 is 0. The third-order valence-electron chi connectivity index (χ3n) is 18.1. The quantitative estimate of drug-likeness (QED) is 0.0328. The minimum atomic E-state index is -0.335. The molecule has 0 unspecified atom stereocenters. The zero-order valence-corrected chi connectivity index (χ0v) is 57.2. The first kappa shape index (κ1) is 79.1. The van der Waals surface area contributed by atoms with Gasteiger partial charge in [-0.25, -0.2) is 0 Å². The molecule has 7 saturated heterocycles. The van der Waals surface area contributed by atoms with E-state index in [1.807, 2.05) is 41.8 Å². The number of benzene rings is 1. The molecule has 3 N–H and O–H groups in total. The number of anilines is 1. The number of hydrogen-bond donors (Lipinski definition) is 3. The summed E-state index contributed by atoms with van der Waals surface area (Å²) in [7, 11) is 0. The van der Waals surface area contributed by atoms with Crippen LogP contribution >= 0.6 is 0 Å². The summed E-state index contributed by atoms with van der Waals surface area (Å²) < 4.78 is 53.0. The second-order valence-corrected chi connectivity index (χ2v) is 26.3. The van der Waals surface area contributed by atoms with Crippen molar-refractivity contribution in [3.63, 3.8) is 0 Å². The maximum absolute atomic E-state index is 11.8. The van der Waals surface area contributed by atoms with Crippen LogP contribution in [0.3, 0.4) is 0 Å². The fraction of sp³-hybridized carbons (Fsp3) is 0.797. The van der Waals surface area contributed by atoms with Crippen molar-refractivity contribution in [2.45, 2.75) is 183 Å². The zero-order chi connectivity index (χ0) is 67.1. The Labute approximate surface area is 548 Å². The molecule has 0 saturated carbocycles. The van der Waals surface area contributed by atoms with Crippen LogP contribution in [0.5, 0.6) is 0 Å². The molecule has 7 aliphatic heterocycles. The Bertz CT molecular complexity index is 2310. The highest BCUT2D eigenvalue weighted by atomic mass is 16.6. The van der Waals surface area contributed by atoms with Crippen molar-refractivity contribution in [2.75, 3.05) is 150 Å². The number of nitrogens with one attached hydrogen (secondary N) is 3. The largest absolute Gasteiger partial charge is 0.465 e.